The Morgan fingerprint density at radius 2 is 2.18 bits per heavy atom. The average Bonchev–Trinajstić information content (AvgIpc) is 2.19. The summed E-state index contributed by atoms with van der Waals surface area (Å²) in [5, 5.41) is 11.4. The van der Waals surface area contributed by atoms with E-state index in [9.17, 15) is 9.59 Å². The summed E-state index contributed by atoms with van der Waals surface area (Å²) in [4.78, 5) is 26.4. The van der Waals surface area contributed by atoms with Crippen molar-refractivity contribution in [2.75, 3.05) is 5.32 Å². The zero-order valence-corrected chi connectivity index (χ0v) is 10.2. The molecule has 0 bridgehead atoms. The zero-order chi connectivity index (χ0) is 13.0. The predicted molar refractivity (Wildman–Crippen MR) is 64.2 cm³/mol. The van der Waals surface area contributed by atoms with Gasteiger partial charge in [0.15, 0.2) is 5.82 Å². The SMILES string of the molecule is CC(CC(=O)O)Nc1nccn(C(C)C)c1=O. The van der Waals surface area contributed by atoms with Crippen LogP contribution in [0.2, 0.25) is 0 Å². The van der Waals surface area contributed by atoms with Crippen LogP contribution in [0.15, 0.2) is 17.2 Å². The van der Waals surface area contributed by atoms with Crippen LogP contribution >= 0.6 is 0 Å². The molecule has 0 radical (unpaired) electrons. The van der Waals surface area contributed by atoms with Crippen LogP contribution in [0.3, 0.4) is 0 Å². The number of anilines is 1. The molecule has 0 aliphatic heterocycles. The molecule has 0 amide bonds. The van der Waals surface area contributed by atoms with Crippen molar-refractivity contribution in [2.24, 2.45) is 0 Å². The maximum absolute atomic E-state index is 11.9. The summed E-state index contributed by atoms with van der Waals surface area (Å²) in [5.74, 6) is -0.722. The lowest BCUT2D eigenvalue weighted by Crippen LogP contribution is -2.29. The van der Waals surface area contributed by atoms with Crippen molar-refractivity contribution in [3.05, 3.63) is 22.7 Å². The number of rotatable bonds is 5. The van der Waals surface area contributed by atoms with E-state index < -0.39 is 5.97 Å². The number of aliphatic carboxylic acids is 1. The van der Waals surface area contributed by atoms with Crippen LogP contribution in [0.5, 0.6) is 0 Å². The Labute approximate surface area is 99.3 Å². The van der Waals surface area contributed by atoms with Gasteiger partial charge in [-0.05, 0) is 20.8 Å². The summed E-state index contributed by atoms with van der Waals surface area (Å²) in [6.07, 6.45) is 3.08. The van der Waals surface area contributed by atoms with Crippen LogP contribution in [0.25, 0.3) is 0 Å². The molecule has 0 aliphatic rings. The van der Waals surface area contributed by atoms with Crippen molar-refractivity contribution in [1.29, 1.82) is 0 Å². The van der Waals surface area contributed by atoms with E-state index in [4.69, 9.17) is 5.11 Å². The minimum atomic E-state index is -0.912. The van der Waals surface area contributed by atoms with Gasteiger partial charge in [-0.3, -0.25) is 9.59 Å². The summed E-state index contributed by atoms with van der Waals surface area (Å²) in [6, 6.07) is -0.295. The Kier molecular flexibility index (Phi) is 4.25. The summed E-state index contributed by atoms with van der Waals surface area (Å²) in [6.45, 7) is 5.49. The lowest BCUT2D eigenvalue weighted by molar-refractivity contribution is -0.137. The Morgan fingerprint density at radius 1 is 1.53 bits per heavy atom. The van der Waals surface area contributed by atoms with Gasteiger partial charge in [-0.2, -0.15) is 0 Å². The van der Waals surface area contributed by atoms with Crippen LogP contribution in [-0.4, -0.2) is 26.7 Å². The molecule has 1 atom stereocenters. The molecule has 0 saturated carbocycles. The number of aromatic nitrogens is 2. The van der Waals surface area contributed by atoms with Gasteiger partial charge in [0.1, 0.15) is 0 Å². The highest BCUT2D eigenvalue weighted by atomic mass is 16.4. The van der Waals surface area contributed by atoms with Gasteiger partial charge < -0.3 is 15.0 Å². The van der Waals surface area contributed by atoms with E-state index in [1.165, 1.54) is 6.20 Å². The quantitative estimate of drug-likeness (QED) is 0.803. The average molecular weight is 239 g/mol. The molecule has 1 unspecified atom stereocenters. The van der Waals surface area contributed by atoms with Crippen LogP contribution in [-0.2, 0) is 4.79 Å². The van der Waals surface area contributed by atoms with Crippen LogP contribution in [0.4, 0.5) is 5.82 Å². The van der Waals surface area contributed by atoms with Gasteiger partial charge in [0.25, 0.3) is 5.56 Å². The molecule has 17 heavy (non-hydrogen) atoms. The Bertz CT molecular complexity index is 454. The molecule has 1 aromatic heterocycles. The fraction of sp³-hybridized carbons (Fsp3) is 0.545. The van der Waals surface area contributed by atoms with Gasteiger partial charge in [-0.15, -0.1) is 0 Å². The third-order valence-electron chi connectivity index (χ3n) is 2.29. The van der Waals surface area contributed by atoms with Crippen LogP contribution < -0.4 is 10.9 Å². The first kappa shape index (κ1) is 13.2. The van der Waals surface area contributed by atoms with Crippen LogP contribution in [0, 0.1) is 0 Å². The Morgan fingerprint density at radius 3 is 2.71 bits per heavy atom. The molecule has 0 fully saturated rings. The van der Waals surface area contributed by atoms with E-state index in [1.807, 2.05) is 13.8 Å². The summed E-state index contributed by atoms with van der Waals surface area (Å²) in [7, 11) is 0. The molecule has 1 heterocycles. The Balaban J connectivity index is 2.89. The van der Waals surface area contributed by atoms with E-state index in [-0.39, 0.29) is 29.9 Å². The highest BCUT2D eigenvalue weighted by molar-refractivity contribution is 5.68. The van der Waals surface area contributed by atoms with E-state index in [0.29, 0.717) is 0 Å². The number of carboxylic acids is 1. The largest absolute Gasteiger partial charge is 0.481 e. The van der Waals surface area contributed by atoms with Crippen molar-refractivity contribution in [1.82, 2.24) is 9.55 Å². The topological polar surface area (TPSA) is 84.2 Å². The Hall–Kier alpha value is -1.85. The predicted octanol–water partition coefficient (Wildman–Crippen LogP) is 1.10. The van der Waals surface area contributed by atoms with Gasteiger partial charge in [0.2, 0.25) is 0 Å². The van der Waals surface area contributed by atoms with E-state index in [0.717, 1.165) is 0 Å². The fourth-order valence-corrected chi connectivity index (χ4v) is 1.48. The normalized spacial score (nSPS) is 12.5. The minimum absolute atomic E-state index is 0.0424. The molecule has 0 aliphatic carbocycles. The number of carbonyl (C=O) groups is 1. The van der Waals surface area contributed by atoms with Gasteiger partial charge in [0, 0.05) is 24.5 Å². The molecule has 1 rings (SSSR count). The molecule has 1 aromatic rings. The molecule has 0 saturated heterocycles. The molecular formula is C11H17N3O3. The maximum atomic E-state index is 11.9. The monoisotopic (exact) mass is 239 g/mol. The molecule has 6 nitrogen and oxygen atoms in total. The summed E-state index contributed by atoms with van der Waals surface area (Å²) < 4.78 is 1.54. The summed E-state index contributed by atoms with van der Waals surface area (Å²) in [5.41, 5.74) is -0.236. The van der Waals surface area contributed by atoms with Gasteiger partial charge in [0.05, 0.1) is 6.42 Å². The smallest absolute Gasteiger partial charge is 0.305 e. The van der Waals surface area contributed by atoms with E-state index >= 15 is 0 Å². The standard InChI is InChI=1S/C11H17N3O3/c1-7(2)14-5-4-12-10(11(14)17)13-8(3)6-9(15)16/h4-5,7-8H,6H2,1-3H3,(H,12,13)(H,15,16). The van der Waals surface area contributed by atoms with E-state index in [2.05, 4.69) is 10.3 Å². The number of nitrogens with one attached hydrogen (secondary N) is 1. The molecular weight excluding hydrogens is 222 g/mol. The van der Waals surface area contributed by atoms with Crippen molar-refractivity contribution in [2.45, 2.75) is 39.3 Å². The molecule has 0 spiro atoms. The highest BCUT2D eigenvalue weighted by Gasteiger charge is 2.12. The molecule has 94 valence electrons. The molecule has 0 aromatic carbocycles. The first-order chi connectivity index (χ1) is 7.91. The van der Waals surface area contributed by atoms with Crippen molar-refractivity contribution in [3.8, 4) is 0 Å². The van der Waals surface area contributed by atoms with Crippen molar-refractivity contribution >= 4 is 11.8 Å². The zero-order valence-electron chi connectivity index (χ0n) is 10.2. The second-order valence-electron chi connectivity index (χ2n) is 4.23. The molecule has 6 heteroatoms. The second-order valence-corrected chi connectivity index (χ2v) is 4.23. The van der Waals surface area contributed by atoms with E-state index in [1.54, 1.807) is 17.7 Å². The van der Waals surface area contributed by atoms with Gasteiger partial charge in [-0.1, -0.05) is 0 Å². The third kappa shape index (κ3) is 3.58. The van der Waals surface area contributed by atoms with Crippen molar-refractivity contribution < 1.29 is 9.90 Å². The number of hydrogen-bond donors (Lipinski definition) is 2. The second kappa shape index (κ2) is 5.47. The molecule has 2 N–H and O–H groups in total. The van der Waals surface area contributed by atoms with Gasteiger partial charge >= 0.3 is 5.97 Å². The lowest BCUT2D eigenvalue weighted by Gasteiger charge is -2.14. The first-order valence-electron chi connectivity index (χ1n) is 5.47. The number of hydrogen-bond acceptors (Lipinski definition) is 4. The van der Waals surface area contributed by atoms with Crippen molar-refractivity contribution in [3.63, 3.8) is 0 Å². The summed E-state index contributed by atoms with van der Waals surface area (Å²) >= 11 is 0. The lowest BCUT2D eigenvalue weighted by atomic mass is 10.2. The minimum Gasteiger partial charge on any atom is -0.481 e. The maximum Gasteiger partial charge on any atom is 0.305 e. The fourth-order valence-electron chi connectivity index (χ4n) is 1.48. The first-order valence-corrected chi connectivity index (χ1v) is 5.47. The third-order valence-corrected chi connectivity index (χ3v) is 2.29. The highest BCUT2D eigenvalue weighted by Crippen LogP contribution is 2.04. The number of carboxylic acid groups (broad SMARTS) is 1. The van der Waals surface area contributed by atoms with Gasteiger partial charge in [-0.25, -0.2) is 4.98 Å². The van der Waals surface area contributed by atoms with Crippen LogP contribution in [0.1, 0.15) is 33.2 Å². The number of nitrogens with zero attached hydrogens (tertiary/aromatic N) is 2.